The molecule has 14 rings (SSSR count). The van der Waals surface area contributed by atoms with E-state index in [1.165, 1.54) is 65.7 Å². The summed E-state index contributed by atoms with van der Waals surface area (Å²) in [5, 5.41) is 7.43. The van der Waals surface area contributed by atoms with E-state index in [0.717, 1.165) is 61.2 Å². The van der Waals surface area contributed by atoms with Crippen LogP contribution in [0.5, 0.6) is 0 Å². The largest absolute Gasteiger partial charge is 0.238 e. The topological polar surface area (TPSA) is 43.0 Å². The van der Waals surface area contributed by atoms with Crippen LogP contribution in [0.15, 0.2) is 255 Å². The molecule has 0 unspecified atom stereocenters. The first-order valence-electron chi connectivity index (χ1n) is 24.9. The van der Waals surface area contributed by atoms with Crippen molar-refractivity contribution >= 4 is 38.0 Å². The summed E-state index contributed by atoms with van der Waals surface area (Å²) in [7, 11) is 0. The number of fused-ring (bicyclic) bond motifs is 6. The van der Waals surface area contributed by atoms with Gasteiger partial charge in [0.05, 0.1) is 6.57 Å². The highest BCUT2D eigenvalue weighted by molar-refractivity contribution is 6.19. The zero-order valence-electron chi connectivity index (χ0n) is 40.0. The Hall–Kier alpha value is -10.1. The smallest absolute Gasteiger partial charge is 0.187 e. The van der Waals surface area contributed by atoms with Gasteiger partial charge in [-0.2, -0.15) is 0 Å². The number of nitrogens with zero attached hydrogens (tertiary/aromatic N) is 4. The van der Waals surface area contributed by atoms with Crippen LogP contribution < -0.4 is 0 Å². The molecule has 4 heteroatoms. The Bertz CT molecular complexity index is 4400. The lowest BCUT2D eigenvalue weighted by molar-refractivity contribution is 1.07. The van der Waals surface area contributed by atoms with Crippen LogP contribution in [0.3, 0.4) is 0 Å². The monoisotopic (exact) mass is 938 g/mol. The highest BCUT2D eigenvalue weighted by Gasteiger charge is 2.23. The maximum Gasteiger partial charge on any atom is 0.187 e. The van der Waals surface area contributed by atoms with Crippen molar-refractivity contribution < 1.29 is 0 Å². The van der Waals surface area contributed by atoms with Gasteiger partial charge in [0.15, 0.2) is 23.2 Å². The van der Waals surface area contributed by atoms with Crippen LogP contribution in [-0.4, -0.2) is 15.0 Å². The van der Waals surface area contributed by atoms with Crippen LogP contribution in [0, 0.1) is 6.57 Å². The Morgan fingerprint density at radius 3 is 1.45 bits per heavy atom. The Labute approximate surface area is 429 Å². The van der Waals surface area contributed by atoms with Gasteiger partial charge in [-0.05, 0) is 141 Å². The van der Waals surface area contributed by atoms with E-state index in [9.17, 15) is 0 Å². The third-order valence-corrected chi connectivity index (χ3v) is 14.7. The van der Waals surface area contributed by atoms with Gasteiger partial charge in [-0.1, -0.05) is 224 Å². The quantitative estimate of drug-likeness (QED) is 0.113. The molecule has 0 N–H and O–H groups in total. The predicted octanol–water partition coefficient (Wildman–Crippen LogP) is 18.9. The number of hydrogen-bond donors (Lipinski definition) is 0. The molecule has 0 aliphatic heterocycles. The summed E-state index contributed by atoms with van der Waals surface area (Å²) in [4.78, 5) is 19.2. The molecule has 1 aliphatic rings. The van der Waals surface area contributed by atoms with Gasteiger partial charge in [0, 0.05) is 16.7 Å². The molecular formula is C70H42N4. The molecule has 1 heterocycles. The van der Waals surface area contributed by atoms with Gasteiger partial charge in [-0.25, -0.2) is 19.8 Å². The third kappa shape index (κ3) is 7.34. The number of rotatable bonds is 8. The number of aromatic nitrogens is 3. The van der Waals surface area contributed by atoms with Gasteiger partial charge in [0.2, 0.25) is 0 Å². The predicted molar refractivity (Wildman–Crippen MR) is 307 cm³/mol. The fourth-order valence-corrected chi connectivity index (χ4v) is 11.2. The van der Waals surface area contributed by atoms with Crippen molar-refractivity contribution in [2.45, 2.75) is 0 Å². The normalized spacial score (nSPS) is 11.5. The molecule has 12 aromatic carbocycles. The molecule has 0 fully saturated rings. The van der Waals surface area contributed by atoms with Crippen LogP contribution in [-0.2, 0) is 0 Å². The van der Waals surface area contributed by atoms with Crippen LogP contribution in [0.1, 0.15) is 0 Å². The summed E-state index contributed by atoms with van der Waals surface area (Å²) in [6.07, 6.45) is 0. The average Bonchev–Trinajstić information content (AvgIpc) is 3.81. The summed E-state index contributed by atoms with van der Waals surface area (Å²) < 4.78 is 0. The molecule has 0 spiro atoms. The van der Waals surface area contributed by atoms with Crippen molar-refractivity contribution in [2.24, 2.45) is 0 Å². The zero-order valence-corrected chi connectivity index (χ0v) is 40.0. The Morgan fingerprint density at radius 2 is 0.703 bits per heavy atom. The van der Waals surface area contributed by atoms with Gasteiger partial charge < -0.3 is 0 Å². The van der Waals surface area contributed by atoms with Crippen LogP contribution >= 0.6 is 0 Å². The van der Waals surface area contributed by atoms with E-state index < -0.39 is 0 Å². The molecule has 0 saturated heterocycles. The summed E-state index contributed by atoms with van der Waals surface area (Å²) in [5.74, 6) is 1.83. The molecule has 1 aliphatic carbocycles. The maximum atomic E-state index is 7.98. The van der Waals surface area contributed by atoms with Gasteiger partial charge in [0.1, 0.15) is 0 Å². The fraction of sp³-hybridized carbons (Fsp3) is 0. The van der Waals surface area contributed by atoms with E-state index in [1.54, 1.807) is 0 Å². The van der Waals surface area contributed by atoms with Gasteiger partial charge in [-0.15, -0.1) is 0 Å². The second-order valence-corrected chi connectivity index (χ2v) is 19.0. The molecule has 0 saturated carbocycles. The van der Waals surface area contributed by atoms with Crippen LogP contribution in [0.4, 0.5) is 5.69 Å². The molecule has 0 atom stereocenters. The molecule has 74 heavy (non-hydrogen) atoms. The SMILES string of the molecule is [C-]#[N+]c1ccc(-c2cccc(-c3ccc(-c4nc(-c5ccccc5)nc(-c5cccc(-c6cc7ccccc7c7ccccc67)c5)n4)cc3)c2)c(-c2cccc(-c3ccc4c5c(cccc35)-c3ccccc3-4)c2)c1. The maximum absolute atomic E-state index is 7.98. The zero-order chi connectivity index (χ0) is 49.1. The summed E-state index contributed by atoms with van der Waals surface area (Å²) in [6.45, 7) is 7.98. The lowest BCUT2D eigenvalue weighted by atomic mass is 9.89. The summed E-state index contributed by atoms with van der Waals surface area (Å²) in [5.41, 5.74) is 19.4. The average molecular weight is 939 g/mol. The van der Waals surface area contributed by atoms with Gasteiger partial charge in [-0.3, -0.25) is 0 Å². The lowest BCUT2D eigenvalue weighted by Gasteiger charge is -2.15. The van der Waals surface area contributed by atoms with E-state index in [1.807, 2.05) is 42.5 Å². The Balaban J connectivity index is 0.809. The van der Waals surface area contributed by atoms with E-state index in [2.05, 4.69) is 217 Å². The number of benzene rings is 12. The number of hydrogen-bond acceptors (Lipinski definition) is 3. The van der Waals surface area contributed by atoms with E-state index >= 15 is 0 Å². The third-order valence-electron chi connectivity index (χ3n) is 14.7. The molecule has 1 aromatic heterocycles. The first kappa shape index (κ1) is 42.8. The first-order valence-corrected chi connectivity index (χ1v) is 24.9. The van der Waals surface area contributed by atoms with E-state index in [4.69, 9.17) is 21.5 Å². The molecular weight excluding hydrogens is 897 g/mol. The van der Waals surface area contributed by atoms with Gasteiger partial charge in [0.25, 0.3) is 0 Å². The van der Waals surface area contributed by atoms with E-state index in [0.29, 0.717) is 23.2 Å². The highest BCUT2D eigenvalue weighted by Crippen LogP contribution is 2.50. The van der Waals surface area contributed by atoms with Crippen LogP contribution in [0.25, 0.3) is 149 Å². The minimum Gasteiger partial charge on any atom is -0.238 e. The van der Waals surface area contributed by atoms with Crippen molar-refractivity contribution in [3.63, 3.8) is 0 Å². The molecule has 4 nitrogen and oxygen atoms in total. The minimum atomic E-state index is 0.602. The summed E-state index contributed by atoms with van der Waals surface area (Å²) >= 11 is 0. The Morgan fingerprint density at radius 1 is 0.243 bits per heavy atom. The summed E-state index contributed by atoms with van der Waals surface area (Å²) in [6, 6.07) is 90.1. The Kier molecular flexibility index (Phi) is 10.2. The van der Waals surface area contributed by atoms with Crippen molar-refractivity contribution in [2.75, 3.05) is 0 Å². The highest BCUT2D eigenvalue weighted by atomic mass is 15.0. The fourth-order valence-electron chi connectivity index (χ4n) is 11.2. The molecule has 13 aromatic rings. The van der Waals surface area contributed by atoms with E-state index in [-0.39, 0.29) is 0 Å². The molecule has 0 amide bonds. The lowest BCUT2D eigenvalue weighted by Crippen LogP contribution is -2.00. The van der Waals surface area contributed by atoms with Crippen LogP contribution in [0.2, 0.25) is 0 Å². The molecule has 342 valence electrons. The molecule has 0 bridgehead atoms. The standard InChI is InChI=1S/C70H42N4/c1-71-54-35-36-57(66(43-54)50-21-12-20-49(40-50)56-37-38-64-60-27-9-8-26-59(60)63-30-14-29-62(56)67(63)64)48-19-11-18-47(39-48)44-31-33-46(34-32-44)69-72-68(45-15-3-2-4-16-45)73-70(74-69)53-23-13-22-51(41-53)65-42-52-17-5-6-24-55(52)58-25-7-10-28-61(58)65/h2-43H. The molecule has 0 radical (unpaired) electrons. The second-order valence-electron chi connectivity index (χ2n) is 19.0. The van der Waals surface area contributed by atoms with Crippen molar-refractivity contribution in [1.29, 1.82) is 0 Å². The van der Waals surface area contributed by atoms with Crippen molar-refractivity contribution in [1.82, 2.24) is 15.0 Å². The van der Waals surface area contributed by atoms with Crippen molar-refractivity contribution in [3.05, 3.63) is 266 Å². The minimum absolute atomic E-state index is 0.602. The van der Waals surface area contributed by atoms with Gasteiger partial charge >= 0.3 is 0 Å². The second kappa shape index (κ2) is 17.6. The first-order chi connectivity index (χ1) is 36.6. The van der Waals surface area contributed by atoms with Crippen molar-refractivity contribution in [3.8, 4) is 112 Å².